The van der Waals surface area contributed by atoms with E-state index in [0.29, 0.717) is 0 Å². The summed E-state index contributed by atoms with van der Waals surface area (Å²) in [6.45, 7) is 2.12. The summed E-state index contributed by atoms with van der Waals surface area (Å²) in [4.78, 5) is 10.6. The average Bonchev–Trinajstić information content (AvgIpc) is 2.28. The Morgan fingerprint density at radius 2 is 1.88 bits per heavy atom. The van der Waals surface area contributed by atoms with Crippen molar-refractivity contribution in [1.82, 2.24) is 5.32 Å². The molecule has 1 atom stereocenters. The lowest BCUT2D eigenvalue weighted by Gasteiger charge is -2.13. The summed E-state index contributed by atoms with van der Waals surface area (Å²) in [5.41, 5.74) is 2.49. The zero-order chi connectivity index (χ0) is 12.0. The first-order valence-electron chi connectivity index (χ1n) is 5.62. The fourth-order valence-corrected chi connectivity index (χ4v) is 1.68. The highest BCUT2D eigenvalue weighted by atomic mass is 16.4. The van der Waals surface area contributed by atoms with E-state index in [1.807, 2.05) is 0 Å². The van der Waals surface area contributed by atoms with Gasteiger partial charge in [0.2, 0.25) is 0 Å². The van der Waals surface area contributed by atoms with Crippen molar-refractivity contribution in [3.05, 3.63) is 35.4 Å². The molecule has 0 spiro atoms. The predicted molar refractivity (Wildman–Crippen MR) is 64.6 cm³/mol. The lowest BCUT2D eigenvalue weighted by Crippen LogP contribution is -2.30. The van der Waals surface area contributed by atoms with Gasteiger partial charge in [0, 0.05) is 6.04 Å². The summed E-state index contributed by atoms with van der Waals surface area (Å²) in [5.74, 6) is -0.760. The van der Waals surface area contributed by atoms with Crippen LogP contribution in [-0.2, 0) is 17.6 Å². The van der Waals surface area contributed by atoms with Gasteiger partial charge in [-0.25, -0.2) is 0 Å². The molecule has 88 valence electrons. The Morgan fingerprint density at radius 1 is 1.31 bits per heavy atom. The number of carboxylic acid groups (broad SMARTS) is 1. The average molecular weight is 221 g/mol. The van der Waals surface area contributed by atoms with E-state index in [2.05, 4.69) is 36.5 Å². The van der Waals surface area contributed by atoms with Gasteiger partial charge in [0.15, 0.2) is 0 Å². The second kappa shape index (κ2) is 6.28. The molecule has 0 fully saturated rings. The van der Waals surface area contributed by atoms with Gasteiger partial charge >= 0.3 is 5.97 Å². The Balaban J connectivity index is 2.59. The van der Waals surface area contributed by atoms with Crippen LogP contribution >= 0.6 is 0 Å². The van der Waals surface area contributed by atoms with Crippen LogP contribution in [0, 0.1) is 0 Å². The van der Waals surface area contributed by atoms with Crippen LogP contribution in [0.4, 0.5) is 0 Å². The van der Waals surface area contributed by atoms with Crippen molar-refractivity contribution in [3.8, 4) is 0 Å². The summed E-state index contributed by atoms with van der Waals surface area (Å²) >= 11 is 0. The quantitative estimate of drug-likeness (QED) is 0.770. The molecular formula is C13H19NO2. The number of benzene rings is 1. The van der Waals surface area contributed by atoms with Crippen LogP contribution in [0.2, 0.25) is 0 Å². The SMILES string of the molecule is CCc1ccc(CC(CC(=O)O)NC)cc1. The molecule has 0 saturated heterocycles. The minimum Gasteiger partial charge on any atom is -0.481 e. The smallest absolute Gasteiger partial charge is 0.304 e. The third-order valence-corrected chi connectivity index (χ3v) is 2.74. The zero-order valence-corrected chi connectivity index (χ0v) is 9.86. The topological polar surface area (TPSA) is 49.3 Å². The van der Waals surface area contributed by atoms with Crippen LogP contribution in [0.3, 0.4) is 0 Å². The monoisotopic (exact) mass is 221 g/mol. The van der Waals surface area contributed by atoms with E-state index in [0.717, 1.165) is 12.8 Å². The number of likely N-dealkylation sites (N-methyl/N-ethyl adjacent to an activating group) is 1. The van der Waals surface area contributed by atoms with Crippen LogP contribution in [0.15, 0.2) is 24.3 Å². The molecule has 1 aromatic rings. The molecule has 0 aliphatic heterocycles. The lowest BCUT2D eigenvalue weighted by molar-refractivity contribution is -0.137. The summed E-state index contributed by atoms with van der Waals surface area (Å²) in [5, 5.41) is 11.8. The van der Waals surface area contributed by atoms with Gasteiger partial charge in [-0.1, -0.05) is 31.2 Å². The Bertz CT molecular complexity index is 332. The molecule has 3 nitrogen and oxygen atoms in total. The number of rotatable bonds is 6. The normalized spacial score (nSPS) is 12.4. The number of aryl methyl sites for hydroxylation is 1. The zero-order valence-electron chi connectivity index (χ0n) is 9.86. The first-order valence-corrected chi connectivity index (χ1v) is 5.62. The number of nitrogens with one attached hydrogen (secondary N) is 1. The summed E-state index contributed by atoms with van der Waals surface area (Å²) in [6, 6.07) is 8.35. The van der Waals surface area contributed by atoms with Crippen molar-refractivity contribution in [2.75, 3.05) is 7.05 Å². The first kappa shape index (κ1) is 12.7. The summed E-state index contributed by atoms with van der Waals surface area (Å²) < 4.78 is 0. The van der Waals surface area contributed by atoms with Crippen molar-refractivity contribution in [1.29, 1.82) is 0 Å². The van der Waals surface area contributed by atoms with Crippen molar-refractivity contribution in [2.24, 2.45) is 0 Å². The van der Waals surface area contributed by atoms with Gasteiger partial charge in [-0.05, 0) is 31.0 Å². The lowest BCUT2D eigenvalue weighted by atomic mass is 10.0. The number of hydrogen-bond donors (Lipinski definition) is 2. The van der Waals surface area contributed by atoms with Crippen molar-refractivity contribution < 1.29 is 9.90 Å². The van der Waals surface area contributed by atoms with E-state index >= 15 is 0 Å². The summed E-state index contributed by atoms with van der Waals surface area (Å²) in [6.07, 6.45) is 1.95. The van der Waals surface area contributed by atoms with Gasteiger partial charge in [-0.2, -0.15) is 0 Å². The largest absolute Gasteiger partial charge is 0.481 e. The van der Waals surface area contributed by atoms with Gasteiger partial charge in [-0.3, -0.25) is 4.79 Å². The molecule has 2 N–H and O–H groups in total. The van der Waals surface area contributed by atoms with E-state index in [1.54, 1.807) is 7.05 Å². The van der Waals surface area contributed by atoms with Crippen LogP contribution in [-0.4, -0.2) is 24.2 Å². The van der Waals surface area contributed by atoms with Crippen LogP contribution in [0.25, 0.3) is 0 Å². The molecule has 0 bridgehead atoms. The molecule has 16 heavy (non-hydrogen) atoms. The maximum absolute atomic E-state index is 10.6. The van der Waals surface area contributed by atoms with E-state index < -0.39 is 5.97 Å². The number of carbonyl (C=O) groups is 1. The van der Waals surface area contributed by atoms with Gasteiger partial charge < -0.3 is 10.4 Å². The van der Waals surface area contributed by atoms with E-state index in [-0.39, 0.29) is 12.5 Å². The summed E-state index contributed by atoms with van der Waals surface area (Å²) in [7, 11) is 1.80. The molecule has 0 heterocycles. The Labute approximate surface area is 96.5 Å². The standard InChI is InChI=1S/C13H19NO2/c1-3-10-4-6-11(7-5-10)8-12(14-2)9-13(15)16/h4-7,12,14H,3,8-9H2,1-2H3,(H,15,16). The van der Waals surface area contributed by atoms with Gasteiger partial charge in [0.25, 0.3) is 0 Å². The fraction of sp³-hybridized carbons (Fsp3) is 0.462. The highest BCUT2D eigenvalue weighted by molar-refractivity contribution is 5.67. The number of aliphatic carboxylic acids is 1. The molecule has 1 unspecified atom stereocenters. The van der Waals surface area contributed by atoms with Crippen molar-refractivity contribution in [3.63, 3.8) is 0 Å². The molecule has 0 aromatic heterocycles. The van der Waals surface area contributed by atoms with Crippen molar-refractivity contribution in [2.45, 2.75) is 32.2 Å². The Hall–Kier alpha value is -1.35. The Kier molecular flexibility index (Phi) is 4.99. The third-order valence-electron chi connectivity index (χ3n) is 2.74. The fourth-order valence-electron chi connectivity index (χ4n) is 1.68. The maximum atomic E-state index is 10.6. The molecule has 1 aromatic carbocycles. The van der Waals surface area contributed by atoms with Gasteiger partial charge in [0.05, 0.1) is 6.42 Å². The second-order valence-electron chi connectivity index (χ2n) is 3.96. The molecule has 0 aliphatic carbocycles. The van der Waals surface area contributed by atoms with E-state index in [4.69, 9.17) is 5.11 Å². The van der Waals surface area contributed by atoms with E-state index in [9.17, 15) is 4.79 Å². The minimum atomic E-state index is -0.760. The first-order chi connectivity index (χ1) is 7.65. The molecule has 0 saturated carbocycles. The third kappa shape index (κ3) is 4.03. The molecule has 0 amide bonds. The maximum Gasteiger partial charge on any atom is 0.304 e. The highest BCUT2D eigenvalue weighted by Gasteiger charge is 2.11. The van der Waals surface area contributed by atoms with Crippen LogP contribution in [0.1, 0.15) is 24.5 Å². The molecular weight excluding hydrogens is 202 g/mol. The predicted octanol–water partition coefficient (Wildman–Crippen LogP) is 1.85. The molecule has 1 rings (SSSR count). The number of carboxylic acids is 1. The Morgan fingerprint density at radius 3 is 2.31 bits per heavy atom. The molecule has 0 radical (unpaired) electrons. The van der Waals surface area contributed by atoms with Crippen LogP contribution < -0.4 is 5.32 Å². The second-order valence-corrected chi connectivity index (χ2v) is 3.96. The van der Waals surface area contributed by atoms with Crippen LogP contribution in [0.5, 0.6) is 0 Å². The molecule has 0 aliphatic rings. The van der Waals surface area contributed by atoms with Crippen molar-refractivity contribution >= 4 is 5.97 Å². The number of hydrogen-bond acceptors (Lipinski definition) is 2. The minimum absolute atomic E-state index is 0.00461. The van der Waals surface area contributed by atoms with E-state index in [1.165, 1.54) is 11.1 Å². The van der Waals surface area contributed by atoms with Gasteiger partial charge in [-0.15, -0.1) is 0 Å². The van der Waals surface area contributed by atoms with Gasteiger partial charge in [0.1, 0.15) is 0 Å². The highest BCUT2D eigenvalue weighted by Crippen LogP contribution is 2.09. The molecule has 3 heteroatoms.